The lowest BCUT2D eigenvalue weighted by molar-refractivity contribution is 0.322. The van der Waals surface area contributed by atoms with E-state index in [9.17, 15) is 0 Å². The van der Waals surface area contributed by atoms with E-state index >= 15 is 0 Å². The summed E-state index contributed by atoms with van der Waals surface area (Å²) in [6, 6.07) is 8.02. The lowest BCUT2D eigenvalue weighted by atomic mass is 9.96. The Labute approximate surface area is 172 Å². The molecule has 0 amide bonds. The van der Waals surface area contributed by atoms with E-state index in [1.54, 1.807) is 6.20 Å². The van der Waals surface area contributed by atoms with Crippen molar-refractivity contribution in [2.75, 3.05) is 6.61 Å². The summed E-state index contributed by atoms with van der Waals surface area (Å²) >= 11 is 0. The van der Waals surface area contributed by atoms with Crippen LogP contribution in [0.2, 0.25) is 0 Å². The lowest BCUT2D eigenvalue weighted by Gasteiger charge is -2.19. The number of benzene rings is 1. The third-order valence-electron chi connectivity index (χ3n) is 3.81. The van der Waals surface area contributed by atoms with Gasteiger partial charge in [-0.1, -0.05) is 13.0 Å². The van der Waals surface area contributed by atoms with Crippen LogP contribution in [0, 0.1) is 0 Å². The van der Waals surface area contributed by atoms with Crippen molar-refractivity contribution in [3.05, 3.63) is 42.2 Å². The Hall–Kier alpha value is -1.53. The number of aromatic amines is 1. The summed E-state index contributed by atoms with van der Waals surface area (Å²) in [5.41, 5.74) is 9.52. The number of rotatable bonds is 5. The van der Waals surface area contributed by atoms with Gasteiger partial charge in [-0.2, -0.15) is 5.10 Å². The van der Waals surface area contributed by atoms with Crippen LogP contribution in [0.4, 0.5) is 0 Å². The second kappa shape index (κ2) is 9.97. The highest BCUT2D eigenvalue weighted by atomic mass is 35.5. The molecule has 0 saturated heterocycles. The number of nitrogens with two attached hydrogens (primary N) is 1. The van der Waals surface area contributed by atoms with Gasteiger partial charge in [0.05, 0.1) is 29.4 Å². The maximum atomic E-state index is 6.12. The van der Waals surface area contributed by atoms with E-state index in [1.165, 1.54) is 0 Å². The molecule has 3 rings (SSSR count). The van der Waals surface area contributed by atoms with Crippen LogP contribution in [0.1, 0.15) is 32.8 Å². The number of nitrogens with zero attached hydrogens (tertiary/aromatic N) is 2. The van der Waals surface area contributed by atoms with E-state index in [4.69, 9.17) is 10.5 Å². The molecule has 0 radical (unpaired) electrons. The molecule has 144 valence electrons. The van der Waals surface area contributed by atoms with E-state index in [2.05, 4.69) is 22.1 Å². The van der Waals surface area contributed by atoms with E-state index in [0.717, 1.165) is 39.9 Å². The average Bonchev–Trinajstić information content (AvgIpc) is 3.00. The molecular formula is C18H25Cl3N4O. The summed E-state index contributed by atoms with van der Waals surface area (Å²) in [6.45, 7) is 6.69. The molecule has 3 aromatic rings. The summed E-state index contributed by atoms with van der Waals surface area (Å²) in [5, 5.41) is 8.06. The number of fused-ring (bicyclic) bond motifs is 1. The summed E-state index contributed by atoms with van der Waals surface area (Å²) in [6.07, 6.45) is 4.57. The van der Waals surface area contributed by atoms with Crippen LogP contribution in [0.5, 0.6) is 5.75 Å². The summed E-state index contributed by atoms with van der Waals surface area (Å²) in [7, 11) is 0. The molecule has 0 unspecified atom stereocenters. The number of halogens is 3. The molecule has 0 atom stereocenters. The van der Waals surface area contributed by atoms with Gasteiger partial charge in [0.1, 0.15) is 5.75 Å². The van der Waals surface area contributed by atoms with Gasteiger partial charge in [0, 0.05) is 17.3 Å². The summed E-state index contributed by atoms with van der Waals surface area (Å²) < 4.78 is 5.99. The van der Waals surface area contributed by atoms with Crippen molar-refractivity contribution in [1.82, 2.24) is 15.2 Å². The Kier molecular flexibility index (Phi) is 9.39. The third-order valence-corrected chi connectivity index (χ3v) is 3.81. The molecule has 8 heteroatoms. The maximum Gasteiger partial charge on any atom is 0.139 e. The predicted molar refractivity (Wildman–Crippen MR) is 114 cm³/mol. The molecule has 0 fully saturated rings. The number of nitrogens with one attached hydrogen (secondary N) is 1. The Morgan fingerprint density at radius 2 is 1.81 bits per heavy atom. The van der Waals surface area contributed by atoms with Crippen molar-refractivity contribution in [1.29, 1.82) is 0 Å². The van der Waals surface area contributed by atoms with Crippen LogP contribution >= 0.6 is 37.2 Å². The molecule has 3 N–H and O–H groups in total. The topological polar surface area (TPSA) is 76.8 Å². The van der Waals surface area contributed by atoms with E-state index in [1.807, 2.05) is 44.3 Å². The standard InChI is InChI=1S/C18H22N4O.3ClH/c1-4-9-23-17-13(6-8-16-14(17)11-21-22-16)15-7-5-12(10-20-15)18(2,3)19;;;/h5-8,10-11H,4,9,19H2,1-3H3,(H,21,22);3*1H. The van der Waals surface area contributed by atoms with E-state index < -0.39 is 5.54 Å². The number of hydrogen-bond acceptors (Lipinski definition) is 4. The SMILES string of the molecule is CCCOc1c(-c2ccc(C(C)(C)N)cn2)ccc2[nH]ncc12.Cl.Cl.Cl. The Balaban J connectivity index is 0.00000208. The normalized spacial score (nSPS) is 10.5. The predicted octanol–water partition coefficient (Wildman–Crippen LogP) is 4.87. The third kappa shape index (κ3) is 5.01. The van der Waals surface area contributed by atoms with Gasteiger partial charge in [0.25, 0.3) is 0 Å². The van der Waals surface area contributed by atoms with Gasteiger partial charge in [-0.25, -0.2) is 0 Å². The highest BCUT2D eigenvalue weighted by Crippen LogP contribution is 2.35. The van der Waals surface area contributed by atoms with Crippen molar-refractivity contribution in [3.8, 4) is 17.0 Å². The van der Waals surface area contributed by atoms with Crippen molar-refractivity contribution >= 4 is 48.1 Å². The summed E-state index contributed by atoms with van der Waals surface area (Å²) in [5.74, 6) is 0.824. The molecule has 0 aliphatic carbocycles. The molecule has 2 heterocycles. The molecule has 0 aliphatic rings. The van der Waals surface area contributed by atoms with Crippen molar-refractivity contribution in [3.63, 3.8) is 0 Å². The van der Waals surface area contributed by atoms with Crippen LogP contribution < -0.4 is 10.5 Å². The second-order valence-electron chi connectivity index (χ2n) is 6.28. The fraction of sp³-hybridized carbons (Fsp3) is 0.333. The number of aromatic nitrogens is 3. The zero-order valence-electron chi connectivity index (χ0n) is 15.0. The van der Waals surface area contributed by atoms with Gasteiger partial charge in [-0.15, -0.1) is 37.2 Å². The molecule has 0 bridgehead atoms. The largest absolute Gasteiger partial charge is 0.492 e. The van der Waals surface area contributed by atoms with Crippen molar-refractivity contribution in [2.45, 2.75) is 32.7 Å². The van der Waals surface area contributed by atoms with Crippen LogP contribution in [-0.4, -0.2) is 21.8 Å². The molecule has 5 nitrogen and oxygen atoms in total. The first-order chi connectivity index (χ1) is 11.0. The van der Waals surface area contributed by atoms with Crippen LogP contribution in [0.3, 0.4) is 0 Å². The van der Waals surface area contributed by atoms with E-state index in [-0.39, 0.29) is 37.2 Å². The van der Waals surface area contributed by atoms with Crippen LogP contribution in [0.25, 0.3) is 22.2 Å². The highest BCUT2D eigenvalue weighted by Gasteiger charge is 2.17. The minimum absolute atomic E-state index is 0. The van der Waals surface area contributed by atoms with Crippen LogP contribution in [0.15, 0.2) is 36.7 Å². The summed E-state index contributed by atoms with van der Waals surface area (Å²) in [4.78, 5) is 4.58. The number of hydrogen-bond donors (Lipinski definition) is 2. The Morgan fingerprint density at radius 3 is 2.38 bits per heavy atom. The molecule has 26 heavy (non-hydrogen) atoms. The zero-order chi connectivity index (χ0) is 16.4. The first kappa shape index (κ1) is 24.5. The van der Waals surface area contributed by atoms with Gasteiger partial charge in [0.15, 0.2) is 0 Å². The van der Waals surface area contributed by atoms with Crippen molar-refractivity contribution in [2.24, 2.45) is 5.73 Å². The zero-order valence-corrected chi connectivity index (χ0v) is 17.4. The first-order valence-electron chi connectivity index (χ1n) is 7.85. The monoisotopic (exact) mass is 418 g/mol. The van der Waals surface area contributed by atoms with E-state index in [0.29, 0.717) is 6.61 Å². The molecule has 2 aromatic heterocycles. The number of H-pyrrole nitrogens is 1. The highest BCUT2D eigenvalue weighted by molar-refractivity contribution is 5.92. The first-order valence-corrected chi connectivity index (χ1v) is 7.85. The number of ether oxygens (including phenoxy) is 1. The van der Waals surface area contributed by atoms with Gasteiger partial charge in [0.2, 0.25) is 0 Å². The van der Waals surface area contributed by atoms with Gasteiger partial charge in [-0.05, 0) is 44.0 Å². The number of pyridine rings is 1. The molecular weight excluding hydrogens is 395 g/mol. The second-order valence-corrected chi connectivity index (χ2v) is 6.28. The molecule has 0 spiro atoms. The Bertz CT molecular complexity index is 813. The fourth-order valence-electron chi connectivity index (χ4n) is 2.49. The molecule has 0 saturated carbocycles. The fourth-order valence-corrected chi connectivity index (χ4v) is 2.49. The minimum Gasteiger partial charge on any atom is -0.492 e. The minimum atomic E-state index is -0.401. The Morgan fingerprint density at radius 1 is 1.08 bits per heavy atom. The average molecular weight is 420 g/mol. The van der Waals surface area contributed by atoms with Crippen LogP contribution in [-0.2, 0) is 5.54 Å². The maximum absolute atomic E-state index is 6.12. The van der Waals surface area contributed by atoms with Crippen molar-refractivity contribution < 1.29 is 4.74 Å². The van der Waals surface area contributed by atoms with Gasteiger partial charge < -0.3 is 10.5 Å². The van der Waals surface area contributed by atoms with Gasteiger partial charge >= 0.3 is 0 Å². The molecule has 0 aliphatic heterocycles. The van der Waals surface area contributed by atoms with Gasteiger partial charge in [-0.3, -0.25) is 10.1 Å². The lowest BCUT2D eigenvalue weighted by Crippen LogP contribution is -2.28. The smallest absolute Gasteiger partial charge is 0.139 e. The quantitative estimate of drug-likeness (QED) is 0.618. The molecule has 1 aromatic carbocycles.